The molecule has 0 amide bonds. The highest BCUT2D eigenvalue weighted by atomic mass is 32.2. The predicted molar refractivity (Wildman–Crippen MR) is 64.8 cm³/mol. The van der Waals surface area contributed by atoms with Crippen LogP contribution in [0.1, 0.15) is 20.3 Å². The van der Waals surface area contributed by atoms with E-state index in [-0.39, 0.29) is 5.95 Å². The molecule has 0 fully saturated rings. The first kappa shape index (κ1) is 11.8. The van der Waals surface area contributed by atoms with Crippen LogP contribution in [0.3, 0.4) is 0 Å². The number of thioether (sulfide) groups is 1. The highest BCUT2D eigenvalue weighted by molar-refractivity contribution is 7.99. The molecule has 8 heteroatoms. The molecule has 90 valence electrons. The summed E-state index contributed by atoms with van der Waals surface area (Å²) in [6, 6.07) is 0. The normalized spacial score (nSPS) is 12.6. The summed E-state index contributed by atoms with van der Waals surface area (Å²) in [4.78, 5) is 16.2. The molecular weight excluding hydrogens is 238 g/mol. The maximum absolute atomic E-state index is 5.65. The molecule has 0 aliphatic rings. The SMILES string of the molecule is CCC(C)Sc1nc(N)nc(-n2cncn2)n1. The number of hydrogen-bond acceptors (Lipinski definition) is 7. The lowest BCUT2D eigenvalue weighted by atomic mass is 10.4. The van der Waals surface area contributed by atoms with Crippen molar-refractivity contribution >= 4 is 17.7 Å². The largest absolute Gasteiger partial charge is 0.368 e. The minimum atomic E-state index is 0.191. The third kappa shape index (κ3) is 2.90. The smallest absolute Gasteiger partial charge is 0.257 e. The molecule has 2 rings (SSSR count). The van der Waals surface area contributed by atoms with Gasteiger partial charge < -0.3 is 5.73 Å². The maximum Gasteiger partial charge on any atom is 0.257 e. The lowest BCUT2D eigenvalue weighted by Crippen LogP contribution is -2.08. The van der Waals surface area contributed by atoms with Crippen molar-refractivity contribution in [3.05, 3.63) is 12.7 Å². The summed E-state index contributed by atoms with van der Waals surface area (Å²) in [5.41, 5.74) is 5.65. The van der Waals surface area contributed by atoms with Crippen molar-refractivity contribution in [1.82, 2.24) is 29.7 Å². The quantitative estimate of drug-likeness (QED) is 0.807. The second-order valence-corrected chi connectivity index (χ2v) is 4.86. The Labute approximate surface area is 103 Å². The lowest BCUT2D eigenvalue weighted by molar-refractivity contribution is 0.760. The van der Waals surface area contributed by atoms with Crippen molar-refractivity contribution < 1.29 is 0 Å². The van der Waals surface area contributed by atoms with Crippen LogP contribution in [-0.4, -0.2) is 35.0 Å². The van der Waals surface area contributed by atoms with Gasteiger partial charge in [-0.1, -0.05) is 25.6 Å². The first-order valence-corrected chi connectivity index (χ1v) is 6.10. The number of anilines is 1. The molecule has 17 heavy (non-hydrogen) atoms. The van der Waals surface area contributed by atoms with Gasteiger partial charge in [0.25, 0.3) is 5.95 Å². The summed E-state index contributed by atoms with van der Waals surface area (Å²) in [5.74, 6) is 0.581. The van der Waals surface area contributed by atoms with Crippen LogP contribution in [0.5, 0.6) is 0 Å². The van der Waals surface area contributed by atoms with E-state index in [9.17, 15) is 0 Å². The van der Waals surface area contributed by atoms with E-state index >= 15 is 0 Å². The van der Waals surface area contributed by atoms with Crippen LogP contribution < -0.4 is 5.73 Å². The topological polar surface area (TPSA) is 95.4 Å². The van der Waals surface area contributed by atoms with Crippen molar-refractivity contribution in [2.24, 2.45) is 0 Å². The van der Waals surface area contributed by atoms with Crippen LogP contribution in [0.25, 0.3) is 5.95 Å². The van der Waals surface area contributed by atoms with Crippen molar-refractivity contribution in [2.75, 3.05) is 5.73 Å². The van der Waals surface area contributed by atoms with Crippen molar-refractivity contribution in [2.45, 2.75) is 30.7 Å². The Morgan fingerprint density at radius 1 is 1.41 bits per heavy atom. The number of nitrogen functional groups attached to an aromatic ring is 1. The zero-order chi connectivity index (χ0) is 12.3. The van der Waals surface area contributed by atoms with Crippen LogP contribution in [0.2, 0.25) is 0 Å². The number of nitrogens with zero attached hydrogens (tertiary/aromatic N) is 6. The Morgan fingerprint density at radius 3 is 2.88 bits per heavy atom. The lowest BCUT2D eigenvalue weighted by Gasteiger charge is -2.07. The van der Waals surface area contributed by atoms with Crippen molar-refractivity contribution in [3.63, 3.8) is 0 Å². The third-order valence-corrected chi connectivity index (χ3v) is 3.25. The molecule has 2 aromatic heterocycles. The Balaban J connectivity index is 2.30. The zero-order valence-corrected chi connectivity index (χ0v) is 10.4. The second-order valence-electron chi connectivity index (χ2n) is 3.45. The van der Waals surface area contributed by atoms with Gasteiger partial charge in [0.2, 0.25) is 5.95 Å². The number of nitrogens with two attached hydrogens (primary N) is 1. The van der Waals surface area contributed by atoms with Gasteiger partial charge in [-0.05, 0) is 6.42 Å². The van der Waals surface area contributed by atoms with E-state index in [2.05, 4.69) is 38.9 Å². The van der Waals surface area contributed by atoms with Crippen LogP contribution >= 0.6 is 11.8 Å². The van der Waals surface area contributed by atoms with Gasteiger partial charge in [0.05, 0.1) is 0 Å². The molecule has 1 unspecified atom stereocenters. The van der Waals surface area contributed by atoms with Crippen molar-refractivity contribution in [1.29, 1.82) is 0 Å². The number of aromatic nitrogens is 6. The van der Waals surface area contributed by atoms with Crippen LogP contribution in [-0.2, 0) is 0 Å². The van der Waals surface area contributed by atoms with Gasteiger partial charge in [0.1, 0.15) is 12.7 Å². The molecule has 2 N–H and O–H groups in total. The number of hydrogen-bond donors (Lipinski definition) is 1. The molecule has 0 radical (unpaired) electrons. The summed E-state index contributed by atoms with van der Waals surface area (Å²) in [6.45, 7) is 4.22. The summed E-state index contributed by atoms with van der Waals surface area (Å²) in [5, 5.41) is 5.00. The van der Waals surface area contributed by atoms with Crippen LogP contribution in [0.15, 0.2) is 17.8 Å². The molecule has 0 spiro atoms. The van der Waals surface area contributed by atoms with Gasteiger partial charge >= 0.3 is 0 Å². The Hall–Kier alpha value is -1.70. The van der Waals surface area contributed by atoms with E-state index in [1.165, 1.54) is 17.3 Å². The monoisotopic (exact) mass is 251 g/mol. The molecule has 7 nitrogen and oxygen atoms in total. The van der Waals surface area contributed by atoms with Crippen molar-refractivity contribution in [3.8, 4) is 5.95 Å². The minimum absolute atomic E-state index is 0.191. The van der Waals surface area contributed by atoms with Gasteiger partial charge in [-0.3, -0.25) is 0 Å². The van der Waals surface area contributed by atoms with Gasteiger partial charge in [0.15, 0.2) is 5.16 Å². The highest BCUT2D eigenvalue weighted by Gasteiger charge is 2.10. The molecule has 0 saturated carbocycles. The van der Waals surface area contributed by atoms with E-state index in [1.807, 2.05) is 0 Å². The van der Waals surface area contributed by atoms with Crippen LogP contribution in [0, 0.1) is 0 Å². The molecule has 0 saturated heterocycles. The summed E-state index contributed by atoms with van der Waals surface area (Å²) >= 11 is 1.57. The van der Waals surface area contributed by atoms with Crippen LogP contribution in [0.4, 0.5) is 5.95 Å². The Bertz CT molecular complexity index is 484. The first-order chi connectivity index (χ1) is 8.19. The summed E-state index contributed by atoms with van der Waals surface area (Å²) in [6.07, 6.45) is 3.98. The van der Waals surface area contributed by atoms with E-state index in [4.69, 9.17) is 5.73 Å². The molecule has 1 atom stereocenters. The fraction of sp³-hybridized carbons (Fsp3) is 0.444. The van der Waals surface area contributed by atoms with Gasteiger partial charge in [0, 0.05) is 5.25 Å². The highest BCUT2D eigenvalue weighted by Crippen LogP contribution is 2.22. The van der Waals surface area contributed by atoms with E-state index in [1.54, 1.807) is 11.8 Å². The van der Waals surface area contributed by atoms with Gasteiger partial charge in [-0.15, -0.1) is 0 Å². The van der Waals surface area contributed by atoms with E-state index in [0.717, 1.165) is 6.42 Å². The zero-order valence-electron chi connectivity index (χ0n) is 9.61. The average Bonchev–Trinajstić information content (AvgIpc) is 2.81. The van der Waals surface area contributed by atoms with E-state index in [0.29, 0.717) is 16.4 Å². The molecule has 2 heterocycles. The average molecular weight is 251 g/mol. The first-order valence-electron chi connectivity index (χ1n) is 5.22. The summed E-state index contributed by atoms with van der Waals surface area (Å²) in [7, 11) is 0. The molecule has 0 aliphatic heterocycles. The molecule has 0 aromatic carbocycles. The predicted octanol–water partition coefficient (Wildman–Crippen LogP) is 0.925. The van der Waals surface area contributed by atoms with Gasteiger partial charge in [-0.25, -0.2) is 4.98 Å². The second kappa shape index (κ2) is 5.09. The molecular formula is C9H13N7S. The maximum atomic E-state index is 5.65. The standard InChI is InChI=1S/C9H13N7S/c1-3-6(2)17-9-14-7(10)13-8(15-9)16-5-11-4-12-16/h4-6H,3H2,1-2H3,(H2,10,13,14,15). The summed E-state index contributed by atoms with van der Waals surface area (Å²) < 4.78 is 1.46. The Kier molecular flexibility index (Phi) is 3.52. The third-order valence-electron chi connectivity index (χ3n) is 2.13. The molecule has 2 aromatic rings. The van der Waals surface area contributed by atoms with E-state index < -0.39 is 0 Å². The molecule has 0 bridgehead atoms. The fourth-order valence-corrected chi connectivity index (χ4v) is 1.90. The molecule has 0 aliphatic carbocycles. The fourth-order valence-electron chi connectivity index (χ4n) is 1.09. The minimum Gasteiger partial charge on any atom is -0.368 e. The Morgan fingerprint density at radius 2 is 2.24 bits per heavy atom. The van der Waals surface area contributed by atoms with Gasteiger partial charge in [-0.2, -0.15) is 24.7 Å². The number of rotatable bonds is 4.